The molecule has 2 aromatic heterocycles. The monoisotopic (exact) mass is 309 g/mol. The molecule has 0 aliphatic carbocycles. The number of H-pyrrole nitrogens is 1. The van der Waals surface area contributed by atoms with E-state index in [1.165, 1.54) is 0 Å². The van der Waals surface area contributed by atoms with E-state index in [9.17, 15) is 9.59 Å². The number of para-hydroxylation sites is 2. The lowest BCUT2D eigenvalue weighted by Gasteiger charge is -2.12. The fraction of sp³-hybridized carbons (Fsp3) is 0.188. The topological polar surface area (TPSA) is 101 Å². The van der Waals surface area contributed by atoms with Crippen LogP contribution in [0.3, 0.4) is 0 Å². The van der Waals surface area contributed by atoms with Crippen molar-refractivity contribution in [2.75, 3.05) is 0 Å². The number of benzene rings is 1. The van der Waals surface area contributed by atoms with Gasteiger partial charge in [0, 0.05) is 31.1 Å². The summed E-state index contributed by atoms with van der Waals surface area (Å²) in [7, 11) is 0. The van der Waals surface area contributed by atoms with Crippen LogP contribution in [-0.2, 0) is 6.42 Å². The highest BCUT2D eigenvalue weighted by Crippen LogP contribution is 2.06. The summed E-state index contributed by atoms with van der Waals surface area (Å²) in [6.07, 6.45) is 5.35. The van der Waals surface area contributed by atoms with Crippen molar-refractivity contribution in [3.05, 3.63) is 64.6 Å². The van der Waals surface area contributed by atoms with Crippen LogP contribution in [0.15, 0.2) is 47.7 Å². The number of nitrogens with one attached hydrogen (secondary N) is 2. The Morgan fingerprint density at radius 1 is 1.30 bits per heavy atom. The van der Waals surface area contributed by atoms with E-state index < -0.39 is 11.5 Å². The second-order valence-corrected chi connectivity index (χ2v) is 5.21. The number of fused-ring (bicyclic) bond motifs is 1. The molecular formula is C16H15N5O2. The van der Waals surface area contributed by atoms with E-state index >= 15 is 0 Å². The van der Waals surface area contributed by atoms with Crippen molar-refractivity contribution in [1.82, 2.24) is 25.3 Å². The SMILES string of the molecule is CC(Cc1cnccn1)NC(=O)c1nc2ccccc2[nH]c1=O. The summed E-state index contributed by atoms with van der Waals surface area (Å²) in [5, 5.41) is 2.76. The summed E-state index contributed by atoms with van der Waals surface area (Å²) in [6, 6.07) is 6.87. The van der Waals surface area contributed by atoms with Crippen molar-refractivity contribution < 1.29 is 4.79 Å². The molecule has 0 radical (unpaired) electrons. The molecule has 0 spiro atoms. The fourth-order valence-corrected chi connectivity index (χ4v) is 2.28. The van der Waals surface area contributed by atoms with Crippen LogP contribution in [0.2, 0.25) is 0 Å². The largest absolute Gasteiger partial charge is 0.348 e. The Bertz CT molecular complexity index is 892. The molecule has 1 unspecified atom stereocenters. The zero-order valence-corrected chi connectivity index (χ0v) is 12.5. The van der Waals surface area contributed by atoms with E-state index in [4.69, 9.17) is 0 Å². The zero-order valence-electron chi connectivity index (χ0n) is 12.5. The first kappa shape index (κ1) is 14.8. The van der Waals surface area contributed by atoms with Crippen molar-refractivity contribution >= 4 is 16.9 Å². The van der Waals surface area contributed by atoms with Crippen molar-refractivity contribution in [2.24, 2.45) is 0 Å². The summed E-state index contributed by atoms with van der Waals surface area (Å²) in [6.45, 7) is 1.84. The predicted octanol–water partition coefficient (Wildman–Crippen LogP) is 1.07. The highest BCUT2D eigenvalue weighted by Gasteiger charge is 2.16. The van der Waals surface area contributed by atoms with Gasteiger partial charge in [0.05, 0.1) is 16.7 Å². The third-order valence-corrected chi connectivity index (χ3v) is 3.32. The zero-order chi connectivity index (χ0) is 16.2. The van der Waals surface area contributed by atoms with Gasteiger partial charge in [-0.1, -0.05) is 12.1 Å². The quantitative estimate of drug-likeness (QED) is 0.751. The summed E-state index contributed by atoms with van der Waals surface area (Å²) in [4.78, 5) is 39.2. The average Bonchev–Trinajstić information content (AvgIpc) is 2.55. The fourth-order valence-electron chi connectivity index (χ4n) is 2.28. The maximum Gasteiger partial charge on any atom is 0.280 e. The van der Waals surface area contributed by atoms with Gasteiger partial charge >= 0.3 is 0 Å². The van der Waals surface area contributed by atoms with Crippen LogP contribution in [-0.4, -0.2) is 31.9 Å². The third-order valence-electron chi connectivity index (χ3n) is 3.32. The molecule has 0 fully saturated rings. The van der Waals surface area contributed by atoms with Gasteiger partial charge < -0.3 is 10.3 Å². The first-order chi connectivity index (χ1) is 11.1. The molecule has 116 valence electrons. The van der Waals surface area contributed by atoms with E-state index in [1.807, 2.05) is 6.92 Å². The molecule has 7 nitrogen and oxygen atoms in total. The Morgan fingerprint density at radius 2 is 2.13 bits per heavy atom. The van der Waals surface area contributed by atoms with Gasteiger partial charge in [-0.25, -0.2) is 4.98 Å². The summed E-state index contributed by atoms with van der Waals surface area (Å²) in [5.74, 6) is -0.506. The van der Waals surface area contributed by atoms with Crippen molar-refractivity contribution in [3.8, 4) is 0 Å². The van der Waals surface area contributed by atoms with Crippen molar-refractivity contribution in [3.63, 3.8) is 0 Å². The molecule has 0 saturated carbocycles. The van der Waals surface area contributed by atoms with Crippen molar-refractivity contribution in [1.29, 1.82) is 0 Å². The van der Waals surface area contributed by atoms with Crippen LogP contribution in [0.5, 0.6) is 0 Å². The molecule has 0 aliphatic heterocycles. The van der Waals surface area contributed by atoms with Gasteiger partial charge in [-0.2, -0.15) is 0 Å². The van der Waals surface area contributed by atoms with E-state index in [0.29, 0.717) is 17.5 Å². The van der Waals surface area contributed by atoms with Gasteiger partial charge in [-0.15, -0.1) is 0 Å². The molecule has 2 heterocycles. The molecule has 23 heavy (non-hydrogen) atoms. The minimum atomic E-state index is -0.507. The maximum absolute atomic E-state index is 12.3. The Hall–Kier alpha value is -3.09. The van der Waals surface area contributed by atoms with Gasteiger partial charge in [-0.05, 0) is 19.1 Å². The van der Waals surface area contributed by atoms with Crippen LogP contribution in [0.1, 0.15) is 23.1 Å². The first-order valence-electron chi connectivity index (χ1n) is 7.18. The van der Waals surface area contributed by atoms with Gasteiger partial charge in [0.2, 0.25) is 0 Å². The highest BCUT2D eigenvalue weighted by atomic mass is 16.2. The minimum absolute atomic E-state index is 0.144. The Labute approximate surface area is 131 Å². The first-order valence-corrected chi connectivity index (χ1v) is 7.18. The molecule has 0 bridgehead atoms. The van der Waals surface area contributed by atoms with Gasteiger partial charge in [0.15, 0.2) is 5.69 Å². The number of hydrogen-bond donors (Lipinski definition) is 2. The van der Waals surface area contributed by atoms with E-state index in [0.717, 1.165) is 5.69 Å². The van der Waals surface area contributed by atoms with Crippen LogP contribution < -0.4 is 10.9 Å². The normalized spacial score (nSPS) is 12.0. The summed E-state index contributed by atoms with van der Waals surface area (Å²) >= 11 is 0. The lowest BCUT2D eigenvalue weighted by Crippen LogP contribution is -2.38. The third kappa shape index (κ3) is 3.39. The second-order valence-electron chi connectivity index (χ2n) is 5.21. The minimum Gasteiger partial charge on any atom is -0.348 e. The molecule has 1 atom stereocenters. The van der Waals surface area contributed by atoms with Crippen molar-refractivity contribution in [2.45, 2.75) is 19.4 Å². The second kappa shape index (κ2) is 6.35. The number of hydrogen-bond acceptors (Lipinski definition) is 5. The molecule has 1 amide bonds. The predicted molar refractivity (Wildman–Crippen MR) is 85.0 cm³/mol. The average molecular weight is 309 g/mol. The van der Waals surface area contributed by atoms with Crippen LogP contribution in [0.4, 0.5) is 0 Å². The molecule has 0 saturated heterocycles. The maximum atomic E-state index is 12.3. The number of nitrogens with zero attached hydrogens (tertiary/aromatic N) is 3. The number of carbonyl (C=O) groups is 1. The molecule has 0 aliphatic rings. The number of aromatic amines is 1. The number of carbonyl (C=O) groups excluding carboxylic acids is 1. The van der Waals surface area contributed by atoms with E-state index in [2.05, 4.69) is 25.3 Å². The Kier molecular flexibility index (Phi) is 4.09. The molecule has 1 aromatic carbocycles. The summed E-state index contributed by atoms with van der Waals surface area (Å²) in [5.41, 5.74) is 1.28. The van der Waals surface area contributed by atoms with Gasteiger partial charge in [0.25, 0.3) is 11.5 Å². The van der Waals surface area contributed by atoms with E-state index in [1.54, 1.807) is 42.9 Å². The molecule has 3 aromatic rings. The Morgan fingerprint density at radius 3 is 2.91 bits per heavy atom. The number of amides is 1. The van der Waals surface area contributed by atoms with Crippen LogP contribution in [0, 0.1) is 0 Å². The van der Waals surface area contributed by atoms with Crippen LogP contribution in [0.25, 0.3) is 11.0 Å². The molecular weight excluding hydrogens is 294 g/mol. The van der Waals surface area contributed by atoms with Crippen LogP contribution >= 0.6 is 0 Å². The molecule has 3 rings (SSSR count). The lowest BCUT2D eigenvalue weighted by molar-refractivity contribution is 0.0933. The standard InChI is InChI=1S/C16H15N5O2/c1-10(8-11-9-17-6-7-18-11)19-15(22)14-16(23)21-13-5-3-2-4-12(13)20-14/h2-7,9-10H,8H2,1H3,(H,19,22)(H,21,23). The summed E-state index contributed by atoms with van der Waals surface area (Å²) < 4.78 is 0. The molecule has 2 N–H and O–H groups in total. The van der Waals surface area contributed by atoms with E-state index in [-0.39, 0.29) is 11.7 Å². The smallest absolute Gasteiger partial charge is 0.280 e. The lowest BCUT2D eigenvalue weighted by atomic mass is 10.2. The highest BCUT2D eigenvalue weighted by molar-refractivity contribution is 5.93. The molecule has 7 heteroatoms. The van der Waals surface area contributed by atoms with Gasteiger partial charge in [0.1, 0.15) is 0 Å². The Balaban J connectivity index is 1.78. The number of rotatable bonds is 4. The number of aromatic nitrogens is 4. The van der Waals surface area contributed by atoms with Gasteiger partial charge in [-0.3, -0.25) is 19.6 Å².